The maximum atomic E-state index is 6.46. The Bertz CT molecular complexity index is 607. The summed E-state index contributed by atoms with van der Waals surface area (Å²) >= 11 is 6.46. The quantitative estimate of drug-likeness (QED) is 0.768. The highest BCUT2D eigenvalue weighted by molar-refractivity contribution is 6.20. The average Bonchev–Trinajstić information content (AvgIpc) is 2.54. The second-order valence-electron chi connectivity index (χ2n) is 4.34. The van der Waals surface area contributed by atoms with Gasteiger partial charge in [-0.05, 0) is 17.7 Å². The van der Waals surface area contributed by atoms with Crippen LogP contribution in [0.25, 0.3) is 0 Å². The first kappa shape index (κ1) is 15.4. The molecule has 0 radical (unpaired) electrons. The molecule has 21 heavy (non-hydrogen) atoms. The molecule has 0 fully saturated rings. The van der Waals surface area contributed by atoms with Crippen LogP contribution in [0.2, 0.25) is 0 Å². The molecule has 2 rings (SSSR count). The number of hydrogen-bond acceptors (Lipinski definition) is 5. The fourth-order valence-electron chi connectivity index (χ4n) is 1.95. The van der Waals surface area contributed by atoms with E-state index in [0.29, 0.717) is 23.8 Å². The lowest BCUT2D eigenvalue weighted by Crippen LogP contribution is -2.01. The van der Waals surface area contributed by atoms with E-state index in [1.54, 1.807) is 27.4 Å². The Hall–Kier alpha value is -2.01. The number of nitrogens with zero attached hydrogens (tertiary/aromatic N) is 2. The summed E-state index contributed by atoms with van der Waals surface area (Å²) in [7, 11) is 4.77. The van der Waals surface area contributed by atoms with Crippen LogP contribution in [0, 0.1) is 0 Å². The summed E-state index contributed by atoms with van der Waals surface area (Å²) in [6.07, 6.45) is 2.03. The number of ether oxygens (including phenoxy) is 3. The van der Waals surface area contributed by atoms with Gasteiger partial charge in [-0.1, -0.05) is 6.07 Å². The van der Waals surface area contributed by atoms with Gasteiger partial charge in [-0.25, -0.2) is 9.97 Å². The van der Waals surface area contributed by atoms with Gasteiger partial charge < -0.3 is 14.2 Å². The molecule has 0 aliphatic heterocycles. The number of methoxy groups -OCH3 is 3. The van der Waals surface area contributed by atoms with Crippen molar-refractivity contribution in [3.05, 3.63) is 41.9 Å². The Kier molecular flexibility index (Phi) is 5.22. The Morgan fingerprint density at radius 1 is 1.00 bits per heavy atom. The van der Waals surface area contributed by atoms with Crippen LogP contribution >= 0.6 is 11.6 Å². The molecule has 0 spiro atoms. The van der Waals surface area contributed by atoms with Crippen LogP contribution in [0.5, 0.6) is 17.4 Å². The van der Waals surface area contributed by atoms with E-state index in [2.05, 4.69) is 9.97 Å². The Morgan fingerprint density at radius 3 is 2.43 bits per heavy atom. The highest BCUT2D eigenvalue weighted by atomic mass is 35.5. The predicted octanol–water partition coefficient (Wildman–Crippen LogP) is 3.03. The molecule has 112 valence electrons. The van der Waals surface area contributed by atoms with Crippen molar-refractivity contribution in [3.63, 3.8) is 0 Å². The largest absolute Gasteiger partial charge is 0.493 e. The number of rotatable bonds is 6. The number of hydrogen-bond donors (Lipinski definition) is 0. The van der Waals surface area contributed by atoms with Crippen LogP contribution in [0.3, 0.4) is 0 Å². The molecular weight excluding hydrogens is 292 g/mol. The van der Waals surface area contributed by atoms with Crippen LogP contribution in [-0.4, -0.2) is 31.3 Å². The van der Waals surface area contributed by atoms with E-state index in [1.807, 2.05) is 18.2 Å². The zero-order chi connectivity index (χ0) is 15.2. The molecule has 0 aliphatic carbocycles. The molecule has 2 aromatic rings. The smallest absolute Gasteiger partial charge is 0.216 e. The molecule has 0 aliphatic rings. The molecule has 0 saturated carbocycles. The SMILES string of the molecule is COc1cc(CC(Cl)c2ccc(OC)c(OC)c2)ncn1. The van der Waals surface area contributed by atoms with Crippen molar-refractivity contribution >= 4 is 11.6 Å². The summed E-state index contributed by atoms with van der Waals surface area (Å²) in [5.74, 6) is 1.85. The minimum Gasteiger partial charge on any atom is -0.493 e. The monoisotopic (exact) mass is 308 g/mol. The molecule has 5 nitrogen and oxygen atoms in total. The third kappa shape index (κ3) is 3.76. The van der Waals surface area contributed by atoms with Crippen molar-refractivity contribution in [2.75, 3.05) is 21.3 Å². The normalized spacial score (nSPS) is 11.8. The van der Waals surface area contributed by atoms with Crippen molar-refractivity contribution < 1.29 is 14.2 Å². The van der Waals surface area contributed by atoms with Gasteiger partial charge in [-0.2, -0.15) is 0 Å². The number of halogens is 1. The predicted molar refractivity (Wildman–Crippen MR) is 80.4 cm³/mol. The zero-order valence-electron chi connectivity index (χ0n) is 12.2. The highest BCUT2D eigenvalue weighted by Gasteiger charge is 2.14. The summed E-state index contributed by atoms with van der Waals surface area (Å²) < 4.78 is 15.6. The third-order valence-corrected chi connectivity index (χ3v) is 3.47. The highest BCUT2D eigenvalue weighted by Crippen LogP contribution is 2.33. The van der Waals surface area contributed by atoms with Gasteiger partial charge in [0.25, 0.3) is 0 Å². The second kappa shape index (κ2) is 7.13. The van der Waals surface area contributed by atoms with Gasteiger partial charge in [0.05, 0.1) is 26.7 Å². The molecule has 6 heteroatoms. The van der Waals surface area contributed by atoms with E-state index in [9.17, 15) is 0 Å². The summed E-state index contributed by atoms with van der Waals surface area (Å²) in [6.45, 7) is 0. The van der Waals surface area contributed by atoms with Gasteiger partial charge in [0.2, 0.25) is 5.88 Å². The first-order chi connectivity index (χ1) is 10.2. The minimum atomic E-state index is -0.232. The van der Waals surface area contributed by atoms with Crippen molar-refractivity contribution in [1.82, 2.24) is 9.97 Å². The molecule has 1 aromatic heterocycles. The molecule has 0 N–H and O–H groups in total. The van der Waals surface area contributed by atoms with Crippen LogP contribution in [0.1, 0.15) is 16.6 Å². The Labute approximate surface area is 128 Å². The van der Waals surface area contributed by atoms with E-state index < -0.39 is 0 Å². The third-order valence-electron chi connectivity index (χ3n) is 3.07. The van der Waals surface area contributed by atoms with Crippen molar-refractivity contribution in [1.29, 1.82) is 0 Å². The summed E-state index contributed by atoms with van der Waals surface area (Å²) in [5.41, 5.74) is 1.75. The molecule has 1 heterocycles. The molecule has 1 aromatic carbocycles. The van der Waals surface area contributed by atoms with Gasteiger partial charge in [0, 0.05) is 18.2 Å². The number of benzene rings is 1. The lowest BCUT2D eigenvalue weighted by Gasteiger charge is -2.13. The first-order valence-electron chi connectivity index (χ1n) is 6.38. The summed E-state index contributed by atoms with van der Waals surface area (Å²) in [5, 5.41) is -0.232. The van der Waals surface area contributed by atoms with Crippen molar-refractivity contribution in [2.45, 2.75) is 11.8 Å². The Morgan fingerprint density at radius 2 is 1.76 bits per heavy atom. The van der Waals surface area contributed by atoms with Gasteiger partial charge in [0.1, 0.15) is 6.33 Å². The fourth-order valence-corrected chi connectivity index (χ4v) is 2.24. The van der Waals surface area contributed by atoms with Crippen molar-refractivity contribution in [3.8, 4) is 17.4 Å². The molecular formula is C15H17ClN2O3. The molecule has 0 amide bonds. The standard InChI is InChI=1S/C15H17ClN2O3/c1-19-13-5-4-10(6-14(13)20-2)12(16)7-11-8-15(21-3)18-9-17-11/h4-6,8-9,12H,7H2,1-3H3. The van der Waals surface area contributed by atoms with Crippen LogP contribution < -0.4 is 14.2 Å². The van der Waals surface area contributed by atoms with Crippen molar-refractivity contribution in [2.24, 2.45) is 0 Å². The van der Waals surface area contributed by atoms with Gasteiger partial charge in [-0.15, -0.1) is 11.6 Å². The first-order valence-corrected chi connectivity index (χ1v) is 6.82. The van der Waals surface area contributed by atoms with E-state index >= 15 is 0 Å². The number of aromatic nitrogens is 2. The fraction of sp³-hybridized carbons (Fsp3) is 0.333. The second-order valence-corrected chi connectivity index (χ2v) is 4.86. The van der Waals surface area contributed by atoms with E-state index in [-0.39, 0.29) is 5.38 Å². The van der Waals surface area contributed by atoms with E-state index in [0.717, 1.165) is 11.3 Å². The van der Waals surface area contributed by atoms with Gasteiger partial charge in [-0.3, -0.25) is 0 Å². The molecule has 1 atom stereocenters. The lowest BCUT2D eigenvalue weighted by atomic mass is 10.1. The number of alkyl halides is 1. The molecule has 0 saturated heterocycles. The van der Waals surface area contributed by atoms with E-state index in [1.165, 1.54) is 6.33 Å². The van der Waals surface area contributed by atoms with Crippen LogP contribution in [0.15, 0.2) is 30.6 Å². The summed E-state index contributed by atoms with van der Waals surface area (Å²) in [6, 6.07) is 7.40. The summed E-state index contributed by atoms with van der Waals surface area (Å²) in [4.78, 5) is 8.17. The van der Waals surface area contributed by atoms with Crippen LogP contribution in [-0.2, 0) is 6.42 Å². The molecule has 0 bridgehead atoms. The maximum absolute atomic E-state index is 6.46. The average molecular weight is 309 g/mol. The lowest BCUT2D eigenvalue weighted by molar-refractivity contribution is 0.354. The minimum absolute atomic E-state index is 0.232. The van der Waals surface area contributed by atoms with Gasteiger partial charge in [0.15, 0.2) is 11.5 Å². The zero-order valence-corrected chi connectivity index (χ0v) is 12.9. The van der Waals surface area contributed by atoms with Gasteiger partial charge >= 0.3 is 0 Å². The maximum Gasteiger partial charge on any atom is 0.216 e. The van der Waals surface area contributed by atoms with Crippen LogP contribution in [0.4, 0.5) is 0 Å². The topological polar surface area (TPSA) is 53.5 Å². The van der Waals surface area contributed by atoms with E-state index in [4.69, 9.17) is 25.8 Å². The molecule has 1 unspecified atom stereocenters. The Balaban J connectivity index is 2.17.